The standard InChI is InChI=1S/C23H24F4N5O2P/c1-5-34-32-21(33)14-10-13(2)18(11-16(14)24)30-22-28-12-15(23(25,26)27)20(31-22)29-17-8-6-7-9-19(17)35(3)4/h6-12H,5H2,1-4H3,(H,32,33)(H2,28,29,30,31). The first-order valence-corrected chi connectivity index (χ1v) is 12.7. The molecule has 0 aliphatic rings. The van der Waals surface area contributed by atoms with E-state index in [0.717, 1.165) is 11.4 Å². The van der Waals surface area contributed by atoms with E-state index in [4.69, 9.17) is 4.84 Å². The van der Waals surface area contributed by atoms with Crippen LogP contribution in [0.2, 0.25) is 0 Å². The lowest BCUT2D eigenvalue weighted by Crippen LogP contribution is -2.24. The van der Waals surface area contributed by atoms with Crippen molar-refractivity contribution in [3.05, 3.63) is 65.1 Å². The molecule has 0 aliphatic heterocycles. The molecule has 2 aromatic carbocycles. The monoisotopic (exact) mass is 509 g/mol. The average molecular weight is 509 g/mol. The van der Waals surface area contributed by atoms with E-state index in [-0.39, 0.29) is 23.8 Å². The Balaban J connectivity index is 1.96. The third-order valence-electron chi connectivity index (χ3n) is 4.85. The maximum Gasteiger partial charge on any atom is 0.421 e. The van der Waals surface area contributed by atoms with Gasteiger partial charge in [-0.2, -0.15) is 18.2 Å². The van der Waals surface area contributed by atoms with Gasteiger partial charge in [-0.1, -0.05) is 26.1 Å². The second-order valence-corrected chi connectivity index (χ2v) is 9.90. The van der Waals surface area contributed by atoms with Crippen LogP contribution in [0.15, 0.2) is 42.6 Å². The van der Waals surface area contributed by atoms with Crippen LogP contribution in [0.5, 0.6) is 0 Å². The average Bonchev–Trinajstić information content (AvgIpc) is 2.79. The van der Waals surface area contributed by atoms with E-state index < -0.39 is 37.2 Å². The minimum atomic E-state index is -4.70. The zero-order valence-corrected chi connectivity index (χ0v) is 20.3. The fraction of sp³-hybridized carbons (Fsp3) is 0.261. The third kappa shape index (κ3) is 6.43. The number of carbonyl (C=O) groups is 1. The van der Waals surface area contributed by atoms with E-state index in [0.29, 0.717) is 17.4 Å². The minimum Gasteiger partial charge on any atom is -0.339 e. The van der Waals surface area contributed by atoms with E-state index in [1.165, 1.54) is 6.07 Å². The number of hydrogen-bond acceptors (Lipinski definition) is 6. The highest BCUT2D eigenvalue weighted by molar-refractivity contribution is 7.64. The van der Waals surface area contributed by atoms with Gasteiger partial charge in [0.1, 0.15) is 17.2 Å². The van der Waals surface area contributed by atoms with E-state index in [1.54, 1.807) is 26.0 Å². The number of para-hydroxylation sites is 1. The molecule has 7 nitrogen and oxygen atoms in total. The molecule has 0 radical (unpaired) electrons. The Bertz CT molecular complexity index is 1220. The lowest BCUT2D eigenvalue weighted by molar-refractivity contribution is -0.137. The second-order valence-electron chi connectivity index (χ2n) is 7.63. The van der Waals surface area contributed by atoms with Gasteiger partial charge in [0.05, 0.1) is 12.2 Å². The highest BCUT2D eigenvalue weighted by atomic mass is 31.1. The summed E-state index contributed by atoms with van der Waals surface area (Å²) in [6.45, 7) is 7.44. The van der Waals surface area contributed by atoms with Gasteiger partial charge in [0, 0.05) is 17.6 Å². The van der Waals surface area contributed by atoms with Gasteiger partial charge in [-0.15, -0.1) is 0 Å². The predicted molar refractivity (Wildman–Crippen MR) is 129 cm³/mol. The van der Waals surface area contributed by atoms with Gasteiger partial charge in [0.15, 0.2) is 0 Å². The molecule has 12 heteroatoms. The van der Waals surface area contributed by atoms with Crippen molar-refractivity contribution >= 4 is 42.3 Å². The summed E-state index contributed by atoms with van der Waals surface area (Å²) in [4.78, 5) is 24.6. The van der Waals surface area contributed by atoms with Crippen LogP contribution in [0, 0.1) is 12.7 Å². The molecule has 0 unspecified atom stereocenters. The van der Waals surface area contributed by atoms with Crippen LogP contribution in [-0.4, -0.2) is 35.8 Å². The summed E-state index contributed by atoms with van der Waals surface area (Å²) in [6, 6.07) is 9.39. The molecule has 0 bridgehead atoms. The summed E-state index contributed by atoms with van der Waals surface area (Å²) >= 11 is 0. The van der Waals surface area contributed by atoms with Crippen LogP contribution in [0.1, 0.15) is 28.4 Å². The predicted octanol–water partition coefficient (Wildman–Crippen LogP) is 5.48. The van der Waals surface area contributed by atoms with E-state index in [1.807, 2.05) is 25.5 Å². The van der Waals surface area contributed by atoms with E-state index in [9.17, 15) is 22.4 Å². The first-order chi connectivity index (χ1) is 16.5. The Kier molecular flexibility index (Phi) is 8.24. The molecule has 3 aromatic rings. The van der Waals surface area contributed by atoms with Crippen LogP contribution in [0.25, 0.3) is 0 Å². The molecular formula is C23H24F4N5O2P. The summed E-state index contributed by atoms with van der Waals surface area (Å²) < 4.78 is 55.5. The van der Waals surface area contributed by atoms with Crippen molar-refractivity contribution in [1.29, 1.82) is 0 Å². The van der Waals surface area contributed by atoms with Crippen LogP contribution in [-0.2, 0) is 11.0 Å². The van der Waals surface area contributed by atoms with Crippen LogP contribution in [0.3, 0.4) is 0 Å². The highest BCUT2D eigenvalue weighted by Gasteiger charge is 2.35. The van der Waals surface area contributed by atoms with Crippen molar-refractivity contribution in [2.24, 2.45) is 0 Å². The fourth-order valence-corrected chi connectivity index (χ4v) is 4.14. The number of alkyl halides is 3. The summed E-state index contributed by atoms with van der Waals surface area (Å²) in [7, 11) is -0.605. The molecule has 0 saturated carbocycles. The van der Waals surface area contributed by atoms with Crippen molar-refractivity contribution < 1.29 is 27.2 Å². The minimum absolute atomic E-state index is 0.178. The van der Waals surface area contributed by atoms with E-state index in [2.05, 4.69) is 26.1 Å². The molecule has 3 N–H and O–H groups in total. The fourth-order valence-electron chi connectivity index (χ4n) is 3.14. The number of aryl methyl sites for hydroxylation is 1. The number of nitrogens with one attached hydrogen (secondary N) is 3. The van der Waals surface area contributed by atoms with Crippen molar-refractivity contribution in [3.8, 4) is 0 Å². The smallest absolute Gasteiger partial charge is 0.339 e. The molecule has 1 amide bonds. The Morgan fingerprint density at radius 1 is 1.11 bits per heavy atom. The van der Waals surface area contributed by atoms with Gasteiger partial charge in [-0.05, 0) is 56.2 Å². The number of aromatic nitrogens is 2. The number of carbonyl (C=O) groups excluding carboxylic acids is 1. The Hall–Kier alpha value is -3.30. The summed E-state index contributed by atoms with van der Waals surface area (Å²) in [5.74, 6) is -2.23. The first kappa shape index (κ1) is 26.3. The van der Waals surface area contributed by atoms with Gasteiger partial charge in [0.2, 0.25) is 5.95 Å². The number of hydroxylamine groups is 1. The van der Waals surface area contributed by atoms with Crippen molar-refractivity contribution in [3.63, 3.8) is 0 Å². The highest BCUT2D eigenvalue weighted by Crippen LogP contribution is 2.37. The van der Waals surface area contributed by atoms with Gasteiger partial charge >= 0.3 is 6.18 Å². The van der Waals surface area contributed by atoms with Gasteiger partial charge < -0.3 is 10.6 Å². The van der Waals surface area contributed by atoms with Crippen LogP contribution < -0.4 is 21.4 Å². The third-order valence-corrected chi connectivity index (χ3v) is 6.20. The summed E-state index contributed by atoms with van der Waals surface area (Å²) in [6.07, 6.45) is -4.03. The Labute approximate surface area is 201 Å². The molecular weight excluding hydrogens is 485 g/mol. The normalized spacial score (nSPS) is 11.5. The molecule has 3 rings (SSSR count). The number of benzene rings is 2. The largest absolute Gasteiger partial charge is 0.421 e. The van der Waals surface area contributed by atoms with Gasteiger partial charge in [0.25, 0.3) is 5.91 Å². The molecule has 0 spiro atoms. The van der Waals surface area contributed by atoms with Gasteiger partial charge in [-0.3, -0.25) is 9.63 Å². The maximum atomic E-state index is 14.6. The molecule has 0 saturated heterocycles. The second kappa shape index (κ2) is 11.0. The van der Waals surface area contributed by atoms with Crippen molar-refractivity contribution in [1.82, 2.24) is 15.4 Å². The Morgan fingerprint density at radius 3 is 2.49 bits per heavy atom. The molecule has 0 aliphatic carbocycles. The molecule has 1 heterocycles. The number of hydrogen-bond donors (Lipinski definition) is 3. The molecule has 0 atom stereocenters. The number of nitrogens with zero attached hydrogens (tertiary/aromatic N) is 2. The number of halogens is 4. The number of amides is 1. The lowest BCUT2D eigenvalue weighted by Gasteiger charge is -2.18. The van der Waals surface area contributed by atoms with Crippen molar-refractivity contribution in [2.75, 3.05) is 30.6 Å². The number of rotatable bonds is 8. The van der Waals surface area contributed by atoms with Crippen LogP contribution in [0.4, 0.5) is 40.7 Å². The zero-order chi connectivity index (χ0) is 25.8. The van der Waals surface area contributed by atoms with Crippen molar-refractivity contribution in [2.45, 2.75) is 20.0 Å². The zero-order valence-electron chi connectivity index (χ0n) is 19.4. The summed E-state index contributed by atoms with van der Waals surface area (Å²) in [5, 5.41) is 6.40. The molecule has 0 fully saturated rings. The van der Waals surface area contributed by atoms with Crippen LogP contribution >= 0.6 is 7.92 Å². The lowest BCUT2D eigenvalue weighted by atomic mass is 10.1. The Morgan fingerprint density at radius 2 is 1.83 bits per heavy atom. The molecule has 186 valence electrons. The number of anilines is 4. The van der Waals surface area contributed by atoms with E-state index >= 15 is 0 Å². The molecule has 35 heavy (non-hydrogen) atoms. The molecule has 1 aromatic heterocycles. The quantitative estimate of drug-likeness (QED) is 0.212. The van der Waals surface area contributed by atoms with Gasteiger partial charge in [-0.25, -0.2) is 14.9 Å². The summed E-state index contributed by atoms with van der Waals surface area (Å²) in [5.41, 5.74) is 1.96. The first-order valence-electron chi connectivity index (χ1n) is 10.5. The topological polar surface area (TPSA) is 88.2 Å². The SMILES string of the molecule is CCONC(=O)c1cc(C)c(Nc2ncc(C(F)(F)F)c(Nc3ccccc3P(C)C)n2)cc1F. The maximum absolute atomic E-state index is 14.6.